The van der Waals surface area contributed by atoms with Crippen LogP contribution in [0, 0.1) is 10.1 Å². The van der Waals surface area contributed by atoms with E-state index in [1.165, 1.54) is 23.9 Å². The van der Waals surface area contributed by atoms with Crippen molar-refractivity contribution in [2.45, 2.75) is 11.7 Å². The Morgan fingerprint density at radius 1 is 1.18 bits per heavy atom. The number of amides is 1. The second-order valence-electron chi connectivity index (χ2n) is 5.71. The monoisotopic (exact) mass is 395 g/mol. The van der Waals surface area contributed by atoms with Gasteiger partial charge in [-0.05, 0) is 24.3 Å². The molecule has 0 aliphatic rings. The van der Waals surface area contributed by atoms with Crippen LogP contribution in [0.5, 0.6) is 0 Å². The molecule has 0 bridgehead atoms. The van der Waals surface area contributed by atoms with Crippen molar-refractivity contribution in [2.24, 2.45) is 0 Å². The zero-order valence-electron chi connectivity index (χ0n) is 14.8. The first kappa shape index (κ1) is 19.3. The van der Waals surface area contributed by atoms with E-state index < -0.39 is 4.92 Å². The van der Waals surface area contributed by atoms with E-state index in [2.05, 4.69) is 22.1 Å². The summed E-state index contributed by atoms with van der Waals surface area (Å²) in [5, 5.41) is 22.6. The fourth-order valence-corrected chi connectivity index (χ4v) is 3.23. The Bertz CT molecular complexity index is 987. The standard InChI is InChI=1S/C19H17N5O3S/c1-2-12-23-18(14-8-10-16(11-9-14)24(26)27)21-22-19(23)28-13-17(25)20-15-6-4-3-5-7-15/h2-11H,1,12-13H2,(H,20,25). The summed E-state index contributed by atoms with van der Waals surface area (Å²) in [5.74, 6) is 0.576. The Kier molecular flexibility index (Phi) is 6.18. The van der Waals surface area contributed by atoms with E-state index in [0.717, 1.165) is 5.69 Å². The van der Waals surface area contributed by atoms with E-state index in [4.69, 9.17) is 0 Å². The highest BCUT2D eigenvalue weighted by Crippen LogP contribution is 2.25. The molecule has 3 rings (SSSR count). The van der Waals surface area contributed by atoms with Crippen LogP contribution in [0.25, 0.3) is 11.4 Å². The molecule has 0 aliphatic carbocycles. The normalized spacial score (nSPS) is 10.4. The average Bonchev–Trinajstić information content (AvgIpc) is 3.10. The largest absolute Gasteiger partial charge is 0.325 e. The number of nitrogens with one attached hydrogen (secondary N) is 1. The van der Waals surface area contributed by atoms with E-state index in [1.54, 1.807) is 18.2 Å². The second-order valence-corrected chi connectivity index (χ2v) is 6.65. The number of hydrogen-bond donors (Lipinski definition) is 1. The summed E-state index contributed by atoms with van der Waals surface area (Å²) in [6.45, 7) is 4.19. The van der Waals surface area contributed by atoms with Crippen LogP contribution in [0.4, 0.5) is 11.4 Å². The molecule has 0 saturated heterocycles. The molecule has 0 atom stereocenters. The number of aromatic nitrogens is 3. The molecule has 1 amide bonds. The highest BCUT2D eigenvalue weighted by molar-refractivity contribution is 7.99. The highest BCUT2D eigenvalue weighted by Gasteiger charge is 2.16. The number of hydrogen-bond acceptors (Lipinski definition) is 6. The minimum atomic E-state index is -0.453. The third-order valence-electron chi connectivity index (χ3n) is 3.75. The van der Waals surface area contributed by atoms with Gasteiger partial charge in [-0.3, -0.25) is 19.5 Å². The maximum Gasteiger partial charge on any atom is 0.269 e. The summed E-state index contributed by atoms with van der Waals surface area (Å²) in [6, 6.07) is 15.3. The summed E-state index contributed by atoms with van der Waals surface area (Å²) in [5.41, 5.74) is 1.43. The van der Waals surface area contributed by atoms with Gasteiger partial charge in [0, 0.05) is 29.9 Å². The van der Waals surface area contributed by atoms with Crippen molar-refractivity contribution in [3.05, 3.63) is 77.4 Å². The Balaban J connectivity index is 1.74. The maximum absolute atomic E-state index is 12.2. The van der Waals surface area contributed by atoms with Gasteiger partial charge in [0.1, 0.15) is 0 Å². The van der Waals surface area contributed by atoms with Gasteiger partial charge < -0.3 is 5.32 Å². The van der Waals surface area contributed by atoms with Crippen LogP contribution in [0.1, 0.15) is 0 Å². The Hall–Kier alpha value is -3.46. The van der Waals surface area contributed by atoms with Crippen molar-refractivity contribution in [3.63, 3.8) is 0 Å². The van der Waals surface area contributed by atoms with Crippen molar-refractivity contribution in [1.29, 1.82) is 0 Å². The van der Waals surface area contributed by atoms with Gasteiger partial charge in [-0.25, -0.2) is 0 Å². The summed E-state index contributed by atoms with van der Waals surface area (Å²) in [4.78, 5) is 22.5. The Labute approximate surface area is 165 Å². The summed E-state index contributed by atoms with van der Waals surface area (Å²) >= 11 is 1.26. The van der Waals surface area contributed by atoms with Crippen molar-refractivity contribution < 1.29 is 9.72 Å². The number of benzene rings is 2. The number of nitrogens with zero attached hydrogens (tertiary/aromatic N) is 4. The van der Waals surface area contributed by atoms with Gasteiger partial charge in [0.25, 0.3) is 5.69 Å². The number of anilines is 1. The minimum absolute atomic E-state index is 0.00529. The lowest BCUT2D eigenvalue weighted by molar-refractivity contribution is -0.384. The number of nitro groups is 1. The SMILES string of the molecule is C=CCn1c(SCC(=O)Nc2ccccc2)nnc1-c1ccc([N+](=O)[O-])cc1. The summed E-state index contributed by atoms with van der Waals surface area (Å²) in [6.07, 6.45) is 1.70. The third kappa shape index (κ3) is 4.63. The predicted molar refractivity (Wildman–Crippen MR) is 108 cm³/mol. The van der Waals surface area contributed by atoms with E-state index in [1.807, 2.05) is 34.9 Å². The molecule has 0 fully saturated rings. The molecule has 28 heavy (non-hydrogen) atoms. The lowest BCUT2D eigenvalue weighted by Gasteiger charge is -2.08. The zero-order chi connectivity index (χ0) is 19.9. The van der Waals surface area contributed by atoms with Gasteiger partial charge in [0.05, 0.1) is 10.7 Å². The number of allylic oxidation sites excluding steroid dienone is 1. The quantitative estimate of drug-likeness (QED) is 0.269. The zero-order valence-corrected chi connectivity index (χ0v) is 15.6. The average molecular weight is 395 g/mol. The fourth-order valence-electron chi connectivity index (χ4n) is 2.48. The number of para-hydroxylation sites is 1. The lowest BCUT2D eigenvalue weighted by Crippen LogP contribution is -2.14. The van der Waals surface area contributed by atoms with E-state index >= 15 is 0 Å². The van der Waals surface area contributed by atoms with Gasteiger partial charge >= 0.3 is 0 Å². The van der Waals surface area contributed by atoms with Crippen LogP contribution in [0.2, 0.25) is 0 Å². The molecular weight excluding hydrogens is 378 g/mol. The molecule has 2 aromatic carbocycles. The highest BCUT2D eigenvalue weighted by atomic mass is 32.2. The van der Waals surface area contributed by atoms with Crippen molar-refractivity contribution >= 4 is 29.0 Å². The topological polar surface area (TPSA) is 103 Å². The van der Waals surface area contributed by atoms with Crippen LogP contribution >= 0.6 is 11.8 Å². The lowest BCUT2D eigenvalue weighted by atomic mass is 10.2. The second kappa shape index (κ2) is 8.96. The molecule has 1 N–H and O–H groups in total. The van der Waals surface area contributed by atoms with Crippen molar-refractivity contribution in [3.8, 4) is 11.4 Å². The van der Waals surface area contributed by atoms with Crippen molar-refractivity contribution in [2.75, 3.05) is 11.1 Å². The van der Waals surface area contributed by atoms with Crippen LogP contribution in [-0.4, -0.2) is 31.3 Å². The van der Waals surface area contributed by atoms with E-state index in [9.17, 15) is 14.9 Å². The molecule has 0 spiro atoms. The van der Waals surface area contributed by atoms with Gasteiger partial charge in [-0.2, -0.15) is 0 Å². The molecule has 1 aromatic heterocycles. The Morgan fingerprint density at radius 3 is 2.54 bits per heavy atom. The molecular formula is C19H17N5O3S. The van der Waals surface area contributed by atoms with Gasteiger partial charge in [0.2, 0.25) is 5.91 Å². The molecule has 9 heteroatoms. The fraction of sp³-hybridized carbons (Fsp3) is 0.105. The first-order chi connectivity index (χ1) is 13.6. The predicted octanol–water partition coefficient (Wildman–Crippen LogP) is 3.77. The maximum atomic E-state index is 12.2. The van der Waals surface area contributed by atoms with Crippen LogP contribution in [0.15, 0.2) is 72.4 Å². The number of carbonyl (C=O) groups is 1. The van der Waals surface area contributed by atoms with Crippen LogP contribution in [-0.2, 0) is 11.3 Å². The molecule has 142 valence electrons. The third-order valence-corrected chi connectivity index (χ3v) is 4.72. The number of non-ortho nitro benzene ring substituents is 1. The summed E-state index contributed by atoms with van der Waals surface area (Å²) < 4.78 is 1.81. The van der Waals surface area contributed by atoms with Crippen LogP contribution in [0.3, 0.4) is 0 Å². The van der Waals surface area contributed by atoms with Crippen molar-refractivity contribution in [1.82, 2.24) is 14.8 Å². The molecule has 0 unspecified atom stereocenters. The van der Waals surface area contributed by atoms with Gasteiger partial charge in [-0.1, -0.05) is 36.0 Å². The minimum Gasteiger partial charge on any atom is -0.325 e. The van der Waals surface area contributed by atoms with Gasteiger partial charge in [0.15, 0.2) is 11.0 Å². The smallest absolute Gasteiger partial charge is 0.269 e. The molecule has 3 aromatic rings. The number of rotatable bonds is 8. The van der Waals surface area contributed by atoms with E-state index in [-0.39, 0.29) is 17.3 Å². The molecule has 1 heterocycles. The molecule has 0 aliphatic heterocycles. The Morgan fingerprint density at radius 2 is 1.89 bits per heavy atom. The molecule has 0 radical (unpaired) electrons. The number of carbonyl (C=O) groups excluding carboxylic acids is 1. The first-order valence-electron chi connectivity index (χ1n) is 8.35. The number of nitro benzene ring substituents is 1. The molecule has 8 nitrogen and oxygen atoms in total. The number of thioether (sulfide) groups is 1. The van der Waals surface area contributed by atoms with E-state index in [0.29, 0.717) is 23.1 Å². The molecule has 0 saturated carbocycles. The first-order valence-corrected chi connectivity index (χ1v) is 9.33. The van der Waals surface area contributed by atoms with Gasteiger partial charge in [-0.15, -0.1) is 16.8 Å². The van der Waals surface area contributed by atoms with Crippen LogP contribution < -0.4 is 5.32 Å². The summed E-state index contributed by atoms with van der Waals surface area (Å²) in [7, 11) is 0.